The minimum Gasteiger partial charge on any atom is -0.369 e. The summed E-state index contributed by atoms with van der Waals surface area (Å²) in [5, 5.41) is 0. The van der Waals surface area contributed by atoms with Gasteiger partial charge in [-0.05, 0) is 36.1 Å². The van der Waals surface area contributed by atoms with Crippen molar-refractivity contribution in [3.63, 3.8) is 0 Å². The van der Waals surface area contributed by atoms with Crippen LogP contribution in [0.3, 0.4) is 0 Å². The summed E-state index contributed by atoms with van der Waals surface area (Å²) in [4.78, 5) is 25.1. The Morgan fingerprint density at radius 3 is 2.50 bits per heavy atom. The van der Waals surface area contributed by atoms with Crippen LogP contribution in [0.4, 0.5) is 13.2 Å². The molecule has 2 amide bonds. The molecule has 1 aromatic rings. The van der Waals surface area contributed by atoms with Gasteiger partial charge in [0, 0.05) is 19.2 Å². The van der Waals surface area contributed by atoms with Crippen molar-refractivity contribution >= 4 is 17.4 Å². The van der Waals surface area contributed by atoms with Crippen molar-refractivity contribution in [2.45, 2.75) is 20.0 Å². The molecule has 7 heteroatoms. The second kappa shape index (κ2) is 6.67. The number of halogens is 3. The molecule has 0 saturated carbocycles. The summed E-state index contributed by atoms with van der Waals surface area (Å²) in [6, 6.07) is 4.82. The molecule has 0 aromatic heterocycles. The van der Waals surface area contributed by atoms with Gasteiger partial charge in [0.15, 0.2) is 0 Å². The Morgan fingerprint density at radius 1 is 1.29 bits per heavy atom. The van der Waals surface area contributed by atoms with Gasteiger partial charge in [-0.2, -0.15) is 13.2 Å². The first-order valence-electron chi connectivity index (χ1n) is 7.53. The number of carbonyl (C=O) groups excluding carboxylic acids is 2. The topological polar surface area (TPSA) is 63.4 Å². The lowest BCUT2D eigenvalue weighted by atomic mass is 9.98. The third kappa shape index (κ3) is 3.96. The Bertz CT molecular complexity index is 683. The average molecular weight is 340 g/mol. The third-order valence-corrected chi connectivity index (χ3v) is 4.27. The minimum atomic E-state index is -4.43. The van der Waals surface area contributed by atoms with Gasteiger partial charge >= 0.3 is 6.18 Å². The Labute approximate surface area is 138 Å². The van der Waals surface area contributed by atoms with Gasteiger partial charge in [0.2, 0.25) is 11.8 Å². The molecule has 0 spiro atoms. The van der Waals surface area contributed by atoms with Gasteiger partial charge in [0.05, 0.1) is 11.5 Å². The third-order valence-electron chi connectivity index (χ3n) is 4.27. The van der Waals surface area contributed by atoms with Crippen molar-refractivity contribution in [2.75, 3.05) is 13.1 Å². The number of amides is 2. The van der Waals surface area contributed by atoms with E-state index >= 15 is 0 Å². The molecule has 2 N–H and O–H groups in total. The number of allylic oxidation sites excluding steroid dienone is 1. The highest BCUT2D eigenvalue weighted by Gasteiger charge is 2.35. The first-order chi connectivity index (χ1) is 11.1. The summed E-state index contributed by atoms with van der Waals surface area (Å²) in [6.07, 6.45) is -3.13. The van der Waals surface area contributed by atoms with Crippen LogP contribution in [0.1, 0.15) is 25.0 Å². The maximum atomic E-state index is 12.8. The van der Waals surface area contributed by atoms with E-state index in [4.69, 9.17) is 5.73 Å². The molecule has 0 radical (unpaired) electrons. The van der Waals surface area contributed by atoms with Crippen molar-refractivity contribution < 1.29 is 22.8 Å². The van der Waals surface area contributed by atoms with Crippen molar-refractivity contribution in [3.05, 3.63) is 41.5 Å². The predicted molar refractivity (Wildman–Crippen MR) is 83.5 cm³/mol. The molecule has 4 nitrogen and oxygen atoms in total. The first-order valence-corrected chi connectivity index (χ1v) is 7.53. The van der Waals surface area contributed by atoms with Gasteiger partial charge in [0.25, 0.3) is 0 Å². The maximum Gasteiger partial charge on any atom is 0.416 e. The number of alkyl halides is 3. The number of hydrogen-bond acceptors (Lipinski definition) is 2. The van der Waals surface area contributed by atoms with Gasteiger partial charge in [-0.3, -0.25) is 9.59 Å². The number of likely N-dealkylation sites (tertiary alicyclic amines) is 1. The van der Waals surface area contributed by atoms with Crippen molar-refractivity contribution in [2.24, 2.45) is 17.6 Å². The van der Waals surface area contributed by atoms with E-state index in [1.54, 1.807) is 6.92 Å². The smallest absolute Gasteiger partial charge is 0.369 e. The highest BCUT2D eigenvalue weighted by Crippen LogP contribution is 2.31. The van der Waals surface area contributed by atoms with E-state index in [2.05, 4.69) is 0 Å². The van der Waals surface area contributed by atoms with E-state index in [0.717, 1.165) is 12.1 Å². The molecular formula is C17H19F3N2O2. The Kier molecular flexibility index (Phi) is 5.01. The zero-order valence-electron chi connectivity index (χ0n) is 13.4. The molecular weight excluding hydrogens is 321 g/mol. The standard InChI is InChI=1S/C17H19F3N2O2/c1-10(12-4-3-5-13(7-12)17(18,19)20)6-15(23)22-8-11(2)14(9-22)16(21)24/h3-7,11,14H,8-9H2,1-2H3,(H2,21,24)/b10-6+/t11-,14-/m1/s1. The van der Waals surface area contributed by atoms with Crippen LogP contribution in [0, 0.1) is 11.8 Å². The average Bonchev–Trinajstić information content (AvgIpc) is 2.88. The molecule has 2 rings (SSSR count). The maximum absolute atomic E-state index is 12.8. The first kappa shape index (κ1) is 18.0. The summed E-state index contributed by atoms with van der Waals surface area (Å²) in [7, 11) is 0. The lowest BCUT2D eigenvalue weighted by Gasteiger charge is -2.14. The molecule has 1 heterocycles. The summed E-state index contributed by atoms with van der Waals surface area (Å²) < 4.78 is 38.3. The Hall–Kier alpha value is -2.31. The summed E-state index contributed by atoms with van der Waals surface area (Å²) in [6.45, 7) is 4.06. The molecule has 2 atom stereocenters. The monoisotopic (exact) mass is 340 g/mol. The summed E-state index contributed by atoms with van der Waals surface area (Å²) >= 11 is 0. The van der Waals surface area contributed by atoms with Crippen LogP contribution in [-0.2, 0) is 15.8 Å². The van der Waals surface area contributed by atoms with E-state index in [9.17, 15) is 22.8 Å². The zero-order chi connectivity index (χ0) is 18.1. The summed E-state index contributed by atoms with van der Waals surface area (Å²) in [5.41, 5.74) is 5.30. The van der Waals surface area contributed by atoms with E-state index in [0.29, 0.717) is 17.7 Å². The fraction of sp³-hybridized carbons (Fsp3) is 0.412. The molecule has 1 fully saturated rings. The van der Waals surface area contributed by atoms with Crippen LogP contribution in [0.15, 0.2) is 30.3 Å². The number of primary amides is 1. The number of rotatable bonds is 3. The lowest BCUT2D eigenvalue weighted by Crippen LogP contribution is -2.31. The normalized spacial score (nSPS) is 21.9. The summed E-state index contributed by atoms with van der Waals surface area (Å²) in [5.74, 6) is -1.21. The second-order valence-electron chi connectivity index (χ2n) is 6.14. The Morgan fingerprint density at radius 2 is 1.96 bits per heavy atom. The van der Waals surface area contributed by atoms with Crippen molar-refractivity contribution in [1.82, 2.24) is 4.90 Å². The van der Waals surface area contributed by atoms with E-state index in [-0.39, 0.29) is 18.4 Å². The molecule has 0 aliphatic carbocycles. The van der Waals surface area contributed by atoms with Crippen molar-refractivity contribution in [1.29, 1.82) is 0 Å². The highest BCUT2D eigenvalue weighted by molar-refractivity contribution is 5.95. The quantitative estimate of drug-likeness (QED) is 0.860. The highest BCUT2D eigenvalue weighted by atomic mass is 19.4. The van der Waals surface area contributed by atoms with Crippen LogP contribution < -0.4 is 5.73 Å². The van der Waals surface area contributed by atoms with Gasteiger partial charge in [-0.1, -0.05) is 19.1 Å². The van der Waals surface area contributed by atoms with Crippen LogP contribution in [0.2, 0.25) is 0 Å². The van der Waals surface area contributed by atoms with Gasteiger partial charge in [0.1, 0.15) is 0 Å². The van der Waals surface area contributed by atoms with Gasteiger partial charge in [-0.15, -0.1) is 0 Å². The Balaban J connectivity index is 2.17. The van der Waals surface area contributed by atoms with Crippen LogP contribution in [0.25, 0.3) is 5.57 Å². The molecule has 24 heavy (non-hydrogen) atoms. The number of nitrogens with two attached hydrogens (primary N) is 1. The van der Waals surface area contributed by atoms with Crippen LogP contribution in [-0.4, -0.2) is 29.8 Å². The SMILES string of the molecule is C/C(=C\C(=O)N1C[C@@H](C)[C@H](C(N)=O)C1)c1cccc(C(F)(F)F)c1. The number of benzene rings is 1. The van der Waals surface area contributed by atoms with Gasteiger partial charge in [-0.25, -0.2) is 0 Å². The zero-order valence-corrected chi connectivity index (χ0v) is 13.4. The molecule has 1 aliphatic rings. The molecule has 130 valence electrons. The number of hydrogen-bond donors (Lipinski definition) is 1. The fourth-order valence-corrected chi connectivity index (χ4v) is 2.82. The van der Waals surface area contributed by atoms with E-state index in [1.165, 1.54) is 23.1 Å². The van der Waals surface area contributed by atoms with E-state index < -0.39 is 23.6 Å². The minimum absolute atomic E-state index is 0.0336. The van der Waals surface area contributed by atoms with Crippen LogP contribution >= 0.6 is 0 Å². The molecule has 1 saturated heterocycles. The predicted octanol–water partition coefficient (Wildman–Crippen LogP) is 2.69. The molecule has 0 unspecified atom stereocenters. The molecule has 0 bridgehead atoms. The van der Waals surface area contributed by atoms with Crippen molar-refractivity contribution in [3.8, 4) is 0 Å². The van der Waals surface area contributed by atoms with Crippen LogP contribution in [0.5, 0.6) is 0 Å². The number of nitrogens with zero attached hydrogens (tertiary/aromatic N) is 1. The largest absolute Gasteiger partial charge is 0.416 e. The number of carbonyl (C=O) groups is 2. The molecule has 1 aliphatic heterocycles. The molecule has 1 aromatic carbocycles. The second-order valence-corrected chi connectivity index (χ2v) is 6.14. The lowest BCUT2D eigenvalue weighted by molar-refractivity contribution is -0.137. The fourth-order valence-electron chi connectivity index (χ4n) is 2.82. The van der Waals surface area contributed by atoms with Gasteiger partial charge < -0.3 is 10.6 Å². The van der Waals surface area contributed by atoms with E-state index in [1.807, 2.05) is 6.92 Å².